The average molecular weight is 450 g/mol. The molecular weight excluding hydrogens is 419 g/mol. The van der Waals surface area contributed by atoms with Gasteiger partial charge in [-0.05, 0) is 63.2 Å². The second-order valence-electron chi connectivity index (χ2n) is 6.26. The van der Waals surface area contributed by atoms with Crippen LogP contribution in [0, 0.1) is 5.92 Å². The molecule has 1 aliphatic heterocycles. The molecule has 2 heterocycles. The second-order valence-corrected chi connectivity index (χ2v) is 7.29. The molecule has 0 spiro atoms. The van der Waals surface area contributed by atoms with E-state index in [0.29, 0.717) is 0 Å². The van der Waals surface area contributed by atoms with Gasteiger partial charge in [0, 0.05) is 32.1 Å². The van der Waals surface area contributed by atoms with Crippen LogP contribution in [0.25, 0.3) is 0 Å². The average Bonchev–Trinajstić information content (AvgIpc) is 3.04. The molecule has 4 nitrogen and oxygen atoms in total. The minimum Gasteiger partial charge on any atom is -0.356 e. The van der Waals surface area contributed by atoms with Crippen LogP contribution in [0.4, 0.5) is 0 Å². The number of nitrogens with one attached hydrogen (secondary N) is 1. The van der Waals surface area contributed by atoms with Crippen LogP contribution < -0.4 is 5.32 Å². The predicted molar refractivity (Wildman–Crippen MR) is 112 cm³/mol. The van der Waals surface area contributed by atoms with E-state index < -0.39 is 0 Å². The molecule has 6 heteroatoms. The Morgan fingerprint density at radius 1 is 1.43 bits per heavy atom. The van der Waals surface area contributed by atoms with E-state index in [9.17, 15) is 0 Å². The van der Waals surface area contributed by atoms with E-state index in [2.05, 4.69) is 51.7 Å². The van der Waals surface area contributed by atoms with Crippen molar-refractivity contribution in [3.05, 3.63) is 22.4 Å². The van der Waals surface area contributed by atoms with Crippen molar-refractivity contribution in [2.24, 2.45) is 10.9 Å². The van der Waals surface area contributed by atoms with Gasteiger partial charge in [-0.2, -0.15) is 0 Å². The predicted octanol–water partition coefficient (Wildman–Crippen LogP) is 3.15. The number of likely N-dealkylation sites (N-methyl/N-ethyl adjacent to an activating group) is 1. The third-order valence-corrected chi connectivity index (χ3v) is 5.46. The van der Waals surface area contributed by atoms with Gasteiger partial charge >= 0.3 is 0 Å². The van der Waals surface area contributed by atoms with Gasteiger partial charge in [0.2, 0.25) is 0 Å². The molecule has 0 atom stereocenters. The third kappa shape index (κ3) is 7.39. The Balaban J connectivity index is 0.00000264. The Hall–Kier alpha value is -0.340. The monoisotopic (exact) mass is 450 g/mol. The fourth-order valence-corrected chi connectivity index (χ4v) is 3.66. The number of hydrogen-bond donors (Lipinski definition) is 1. The largest absolute Gasteiger partial charge is 0.356 e. The van der Waals surface area contributed by atoms with E-state index >= 15 is 0 Å². The van der Waals surface area contributed by atoms with Gasteiger partial charge in [-0.1, -0.05) is 6.07 Å². The van der Waals surface area contributed by atoms with Crippen molar-refractivity contribution in [1.82, 2.24) is 15.1 Å². The summed E-state index contributed by atoms with van der Waals surface area (Å²) in [5, 5.41) is 5.67. The number of thiophene rings is 1. The Morgan fingerprint density at radius 2 is 2.17 bits per heavy atom. The summed E-state index contributed by atoms with van der Waals surface area (Å²) in [5.74, 6) is 1.89. The van der Waals surface area contributed by atoms with Crippen molar-refractivity contribution < 1.29 is 0 Å². The summed E-state index contributed by atoms with van der Waals surface area (Å²) in [4.78, 5) is 10.5. The number of halogens is 1. The number of likely N-dealkylation sites (tertiary alicyclic amines) is 1. The lowest BCUT2D eigenvalue weighted by Gasteiger charge is -2.29. The molecule has 0 saturated carbocycles. The van der Waals surface area contributed by atoms with E-state index in [1.807, 2.05) is 18.4 Å². The maximum Gasteiger partial charge on any atom is 0.193 e. The van der Waals surface area contributed by atoms with Crippen molar-refractivity contribution in [3.63, 3.8) is 0 Å². The van der Waals surface area contributed by atoms with Gasteiger partial charge in [0.25, 0.3) is 0 Å². The number of guanidine groups is 1. The van der Waals surface area contributed by atoms with Crippen LogP contribution in [0.15, 0.2) is 22.5 Å². The zero-order chi connectivity index (χ0) is 15.8. The molecule has 1 aliphatic rings. The van der Waals surface area contributed by atoms with Gasteiger partial charge in [-0.25, -0.2) is 0 Å². The summed E-state index contributed by atoms with van der Waals surface area (Å²) in [6.07, 6.45) is 5.02. The lowest BCUT2D eigenvalue weighted by molar-refractivity contribution is 0.212. The SMILES string of the molecule is CN=C(NCCC1CCN(C)CC1)N(C)CCc1cccs1.I. The topological polar surface area (TPSA) is 30.9 Å². The molecule has 1 saturated heterocycles. The highest BCUT2D eigenvalue weighted by atomic mass is 127. The Morgan fingerprint density at radius 3 is 2.78 bits per heavy atom. The standard InChI is InChI=1S/C17H30N4S.HI/c1-18-17(21(3)13-9-16-5-4-14-22-16)19-10-6-15-7-11-20(2)12-8-15;/h4-5,14-15H,6-13H2,1-3H3,(H,18,19);1H. The highest BCUT2D eigenvalue weighted by molar-refractivity contribution is 14.0. The molecule has 132 valence electrons. The molecule has 2 rings (SSSR count). The van der Waals surface area contributed by atoms with Crippen molar-refractivity contribution in [2.45, 2.75) is 25.7 Å². The molecule has 0 aromatic carbocycles. The zero-order valence-electron chi connectivity index (χ0n) is 14.6. The number of piperidine rings is 1. The van der Waals surface area contributed by atoms with Gasteiger partial charge in [0.15, 0.2) is 5.96 Å². The maximum atomic E-state index is 4.41. The molecule has 1 aromatic rings. The van der Waals surface area contributed by atoms with E-state index in [1.54, 1.807) is 0 Å². The molecule has 0 unspecified atom stereocenters. The summed E-state index contributed by atoms with van der Waals surface area (Å²) < 4.78 is 0. The van der Waals surface area contributed by atoms with Gasteiger partial charge in [0.1, 0.15) is 0 Å². The van der Waals surface area contributed by atoms with Crippen LogP contribution in [0.3, 0.4) is 0 Å². The smallest absolute Gasteiger partial charge is 0.193 e. The van der Waals surface area contributed by atoms with E-state index in [4.69, 9.17) is 0 Å². The van der Waals surface area contributed by atoms with E-state index in [-0.39, 0.29) is 24.0 Å². The Kier molecular flexibility index (Phi) is 10.1. The maximum absolute atomic E-state index is 4.41. The quantitative estimate of drug-likeness (QED) is 0.411. The lowest BCUT2D eigenvalue weighted by atomic mass is 9.94. The number of nitrogens with zero attached hydrogens (tertiary/aromatic N) is 3. The lowest BCUT2D eigenvalue weighted by Crippen LogP contribution is -2.41. The fraction of sp³-hybridized carbons (Fsp3) is 0.706. The summed E-state index contributed by atoms with van der Waals surface area (Å²) >= 11 is 1.83. The van der Waals surface area contributed by atoms with Crippen LogP contribution in [0.1, 0.15) is 24.1 Å². The molecule has 23 heavy (non-hydrogen) atoms. The van der Waals surface area contributed by atoms with E-state index in [0.717, 1.165) is 31.4 Å². The molecule has 0 bridgehead atoms. The van der Waals surface area contributed by atoms with Gasteiger partial charge in [0.05, 0.1) is 0 Å². The van der Waals surface area contributed by atoms with Crippen molar-refractivity contribution in [1.29, 1.82) is 0 Å². The normalized spacial score (nSPS) is 16.9. The summed E-state index contributed by atoms with van der Waals surface area (Å²) in [5.41, 5.74) is 0. The third-order valence-electron chi connectivity index (χ3n) is 4.52. The molecule has 1 aromatic heterocycles. The summed E-state index contributed by atoms with van der Waals surface area (Å²) in [6, 6.07) is 4.32. The van der Waals surface area contributed by atoms with Crippen LogP contribution >= 0.6 is 35.3 Å². The first-order chi connectivity index (χ1) is 10.7. The number of hydrogen-bond acceptors (Lipinski definition) is 3. The van der Waals surface area contributed by atoms with Crippen LogP contribution in [-0.4, -0.2) is 63.1 Å². The van der Waals surface area contributed by atoms with Crippen LogP contribution in [0.2, 0.25) is 0 Å². The van der Waals surface area contributed by atoms with Gasteiger partial charge in [-0.3, -0.25) is 4.99 Å². The first-order valence-electron chi connectivity index (χ1n) is 8.31. The Bertz CT molecular complexity index is 441. The van der Waals surface area contributed by atoms with Crippen molar-refractivity contribution in [3.8, 4) is 0 Å². The second kappa shape index (κ2) is 11.3. The highest BCUT2D eigenvalue weighted by Gasteiger charge is 2.16. The highest BCUT2D eigenvalue weighted by Crippen LogP contribution is 2.18. The van der Waals surface area contributed by atoms with Crippen LogP contribution in [-0.2, 0) is 6.42 Å². The van der Waals surface area contributed by atoms with Gasteiger partial charge in [-0.15, -0.1) is 35.3 Å². The molecule has 0 radical (unpaired) electrons. The molecule has 0 aliphatic carbocycles. The number of aliphatic imine (C=N–C) groups is 1. The van der Waals surface area contributed by atoms with Crippen molar-refractivity contribution >= 4 is 41.3 Å². The number of rotatable bonds is 6. The van der Waals surface area contributed by atoms with E-state index in [1.165, 1.54) is 37.2 Å². The molecular formula is C17H31IN4S. The summed E-state index contributed by atoms with van der Waals surface area (Å²) in [6.45, 7) is 4.54. The first-order valence-corrected chi connectivity index (χ1v) is 9.19. The summed E-state index contributed by atoms with van der Waals surface area (Å²) in [7, 11) is 6.22. The Labute approximate surface area is 162 Å². The molecule has 1 N–H and O–H groups in total. The van der Waals surface area contributed by atoms with Gasteiger partial charge < -0.3 is 15.1 Å². The molecule has 1 fully saturated rings. The first kappa shape index (κ1) is 20.7. The van der Waals surface area contributed by atoms with Crippen molar-refractivity contribution in [2.75, 3.05) is 47.3 Å². The minimum absolute atomic E-state index is 0. The van der Waals surface area contributed by atoms with Crippen LogP contribution in [0.5, 0.6) is 0 Å². The molecule has 0 amide bonds. The minimum atomic E-state index is 0. The zero-order valence-corrected chi connectivity index (χ0v) is 17.8. The fourth-order valence-electron chi connectivity index (χ4n) is 2.96.